The lowest BCUT2D eigenvalue weighted by atomic mass is 9.88. The predicted octanol–water partition coefficient (Wildman–Crippen LogP) is 8.49. The number of methoxy groups -OCH3 is 1. The molecule has 1 atom stereocenters. The van der Waals surface area contributed by atoms with Gasteiger partial charge in [0.2, 0.25) is 0 Å². The van der Waals surface area contributed by atoms with Gasteiger partial charge in [0, 0.05) is 41.3 Å². The highest BCUT2D eigenvalue weighted by Crippen LogP contribution is 2.42. The molecule has 1 aliphatic heterocycles. The highest BCUT2D eigenvalue weighted by molar-refractivity contribution is 5.87. The second-order valence-electron chi connectivity index (χ2n) is 10.8. The van der Waals surface area contributed by atoms with Gasteiger partial charge < -0.3 is 18.9 Å². The van der Waals surface area contributed by atoms with E-state index < -0.39 is 6.10 Å². The lowest BCUT2D eigenvalue weighted by molar-refractivity contribution is -0.144. The lowest BCUT2D eigenvalue weighted by Crippen LogP contribution is -2.28. The number of fused-ring (bicyclic) bond motifs is 2. The number of carbonyl (C=O) groups is 1. The van der Waals surface area contributed by atoms with Crippen LogP contribution in [0.5, 0.6) is 17.2 Å². The van der Waals surface area contributed by atoms with Gasteiger partial charge in [-0.2, -0.15) is 0 Å². The first kappa shape index (κ1) is 30.6. The Morgan fingerprint density at radius 2 is 1.98 bits per heavy atom. The van der Waals surface area contributed by atoms with Crippen LogP contribution in [0.2, 0.25) is 0 Å². The van der Waals surface area contributed by atoms with Crippen molar-refractivity contribution in [2.75, 3.05) is 13.7 Å². The summed E-state index contributed by atoms with van der Waals surface area (Å²) in [5, 5.41) is 0.824. The summed E-state index contributed by atoms with van der Waals surface area (Å²) in [4.78, 5) is 17.1. The molecule has 0 saturated carbocycles. The quantitative estimate of drug-likeness (QED) is 0.124. The van der Waals surface area contributed by atoms with Crippen molar-refractivity contribution in [1.29, 1.82) is 0 Å². The molecular formula is C36H41NO5. The molecule has 0 amide bonds. The number of rotatable bonds is 12. The van der Waals surface area contributed by atoms with Crippen LogP contribution >= 0.6 is 0 Å². The lowest BCUT2D eigenvalue weighted by Gasteiger charge is -2.31. The van der Waals surface area contributed by atoms with E-state index in [1.807, 2.05) is 63.3 Å². The van der Waals surface area contributed by atoms with E-state index in [4.69, 9.17) is 18.9 Å². The van der Waals surface area contributed by atoms with Crippen LogP contribution in [0.25, 0.3) is 17.0 Å². The van der Waals surface area contributed by atoms with Crippen molar-refractivity contribution >= 4 is 22.9 Å². The first-order valence-electron chi connectivity index (χ1n) is 14.5. The number of pyridine rings is 1. The molecule has 1 aliphatic rings. The average molecular weight is 568 g/mol. The van der Waals surface area contributed by atoms with Crippen molar-refractivity contribution in [1.82, 2.24) is 4.98 Å². The van der Waals surface area contributed by atoms with Gasteiger partial charge in [-0.3, -0.25) is 9.78 Å². The third-order valence-electron chi connectivity index (χ3n) is 7.22. The number of aromatic nitrogens is 1. The van der Waals surface area contributed by atoms with Crippen LogP contribution in [0.3, 0.4) is 0 Å². The zero-order valence-corrected chi connectivity index (χ0v) is 25.5. The van der Waals surface area contributed by atoms with Crippen LogP contribution in [0.1, 0.15) is 75.8 Å². The Kier molecular flexibility index (Phi) is 9.89. The standard InChI is InChI=1S/C36H41NO5/c1-8-12-25(13-9-2)14-11-21-40-34-23-31-30(22-33(34)39-7)29(18-20-37-31)35(41-24(4)38)28-15-16-32-27(26(28)10-3)17-19-36(5,6)42-32/h8-9,12-13,15-20,22-23,35H,1,10-11,14,21H2,2-7H3/b13-9-,25-12+. The minimum Gasteiger partial charge on any atom is -0.493 e. The number of ether oxygens (including phenoxy) is 4. The van der Waals surface area contributed by atoms with Gasteiger partial charge in [0.05, 0.1) is 19.2 Å². The molecule has 1 aromatic heterocycles. The van der Waals surface area contributed by atoms with E-state index in [-0.39, 0.29) is 11.6 Å². The van der Waals surface area contributed by atoms with Crippen LogP contribution in [0.15, 0.2) is 79.1 Å². The highest BCUT2D eigenvalue weighted by atomic mass is 16.5. The highest BCUT2D eigenvalue weighted by Gasteiger charge is 2.29. The Balaban J connectivity index is 1.72. The fourth-order valence-corrected chi connectivity index (χ4v) is 5.36. The summed E-state index contributed by atoms with van der Waals surface area (Å²) in [6, 6.07) is 9.68. The topological polar surface area (TPSA) is 66.9 Å². The van der Waals surface area contributed by atoms with Gasteiger partial charge in [-0.1, -0.05) is 49.9 Å². The molecule has 6 heteroatoms. The molecule has 42 heavy (non-hydrogen) atoms. The largest absolute Gasteiger partial charge is 0.493 e. The zero-order chi connectivity index (χ0) is 30.3. The molecule has 0 aliphatic carbocycles. The van der Waals surface area contributed by atoms with Gasteiger partial charge in [-0.25, -0.2) is 0 Å². The molecule has 4 rings (SSSR count). The van der Waals surface area contributed by atoms with E-state index in [0.717, 1.165) is 58.2 Å². The number of esters is 1. The number of carbonyl (C=O) groups excluding carboxylic acids is 1. The van der Waals surface area contributed by atoms with Crippen LogP contribution in [0, 0.1) is 0 Å². The first-order valence-corrected chi connectivity index (χ1v) is 14.5. The van der Waals surface area contributed by atoms with E-state index >= 15 is 0 Å². The number of allylic oxidation sites excluding steroid dienone is 5. The Labute approximate surface area is 249 Å². The monoisotopic (exact) mass is 567 g/mol. The third-order valence-corrected chi connectivity index (χ3v) is 7.22. The van der Waals surface area contributed by atoms with E-state index in [1.165, 1.54) is 12.5 Å². The van der Waals surface area contributed by atoms with E-state index in [1.54, 1.807) is 19.4 Å². The summed E-state index contributed by atoms with van der Waals surface area (Å²) >= 11 is 0. The van der Waals surface area contributed by atoms with Crippen molar-refractivity contribution in [3.8, 4) is 17.2 Å². The van der Waals surface area contributed by atoms with Gasteiger partial charge in [-0.15, -0.1) is 0 Å². The molecule has 220 valence electrons. The summed E-state index contributed by atoms with van der Waals surface area (Å²) in [5.74, 6) is 1.66. The first-order chi connectivity index (χ1) is 20.2. The Bertz CT molecular complexity index is 1550. The third kappa shape index (κ3) is 6.93. The maximum atomic E-state index is 12.4. The molecule has 0 N–H and O–H groups in total. The molecule has 0 spiro atoms. The molecule has 3 aromatic rings. The van der Waals surface area contributed by atoms with Crippen LogP contribution < -0.4 is 14.2 Å². The fourth-order valence-electron chi connectivity index (χ4n) is 5.36. The van der Waals surface area contributed by atoms with Gasteiger partial charge >= 0.3 is 5.97 Å². The van der Waals surface area contributed by atoms with E-state index in [9.17, 15) is 4.79 Å². The molecule has 6 nitrogen and oxygen atoms in total. The van der Waals surface area contributed by atoms with Gasteiger partial charge in [-0.05, 0) is 75.4 Å². The normalized spacial score (nSPS) is 14.8. The summed E-state index contributed by atoms with van der Waals surface area (Å²) in [6.45, 7) is 13.9. The van der Waals surface area contributed by atoms with Crippen LogP contribution in [-0.4, -0.2) is 30.3 Å². The fraction of sp³-hybridized carbons (Fsp3) is 0.333. The van der Waals surface area contributed by atoms with Crippen LogP contribution in [0.4, 0.5) is 0 Å². The predicted molar refractivity (Wildman–Crippen MR) is 169 cm³/mol. The summed E-state index contributed by atoms with van der Waals surface area (Å²) < 4.78 is 24.2. The molecule has 0 bridgehead atoms. The van der Waals surface area contributed by atoms with Gasteiger partial charge in [0.15, 0.2) is 17.6 Å². The van der Waals surface area contributed by atoms with E-state index in [2.05, 4.69) is 36.7 Å². The molecule has 2 heterocycles. The van der Waals surface area contributed by atoms with Crippen molar-refractivity contribution in [3.05, 3.63) is 101 Å². The van der Waals surface area contributed by atoms with Crippen molar-refractivity contribution in [2.45, 2.75) is 65.6 Å². The van der Waals surface area contributed by atoms with Crippen LogP contribution in [-0.2, 0) is 16.0 Å². The van der Waals surface area contributed by atoms with Crippen molar-refractivity contribution < 1.29 is 23.7 Å². The number of nitrogens with zero attached hydrogens (tertiary/aromatic N) is 1. The van der Waals surface area contributed by atoms with Gasteiger partial charge in [0.25, 0.3) is 0 Å². The summed E-state index contributed by atoms with van der Waals surface area (Å²) in [6.07, 6.45) is 15.6. The number of hydrogen-bond donors (Lipinski definition) is 0. The van der Waals surface area contributed by atoms with Crippen molar-refractivity contribution in [3.63, 3.8) is 0 Å². The molecule has 0 fully saturated rings. The number of benzene rings is 2. The minimum absolute atomic E-state index is 0.368. The second kappa shape index (κ2) is 13.6. The SMILES string of the molecule is C=C/C=C(\C=C/C)CCCOc1cc2nccc(C(OC(C)=O)c3ccc4c(c3CC)C=CC(C)(C)O4)c2cc1OC. The number of hydrogen-bond acceptors (Lipinski definition) is 6. The second-order valence-corrected chi connectivity index (χ2v) is 10.8. The summed E-state index contributed by atoms with van der Waals surface area (Å²) in [7, 11) is 1.62. The minimum atomic E-state index is -0.644. The molecular weight excluding hydrogens is 526 g/mol. The molecule has 0 saturated heterocycles. The smallest absolute Gasteiger partial charge is 0.303 e. The Morgan fingerprint density at radius 3 is 2.67 bits per heavy atom. The maximum Gasteiger partial charge on any atom is 0.303 e. The average Bonchev–Trinajstić information content (AvgIpc) is 2.96. The van der Waals surface area contributed by atoms with E-state index in [0.29, 0.717) is 18.1 Å². The maximum absolute atomic E-state index is 12.4. The Morgan fingerprint density at radius 1 is 1.17 bits per heavy atom. The Hall–Kier alpha value is -4.32. The van der Waals surface area contributed by atoms with Crippen molar-refractivity contribution in [2.24, 2.45) is 0 Å². The zero-order valence-electron chi connectivity index (χ0n) is 25.5. The molecule has 0 radical (unpaired) electrons. The molecule has 1 unspecified atom stereocenters. The van der Waals surface area contributed by atoms with Gasteiger partial charge in [0.1, 0.15) is 11.4 Å². The molecule has 2 aromatic carbocycles. The summed E-state index contributed by atoms with van der Waals surface area (Å²) in [5.41, 5.74) is 5.36.